The Morgan fingerprint density at radius 3 is 1.93 bits per heavy atom. The molecule has 160 valence electrons. The van der Waals surface area contributed by atoms with Gasteiger partial charge in [0.25, 0.3) is 5.91 Å². The molecule has 0 aliphatic heterocycles. The van der Waals surface area contributed by atoms with Crippen molar-refractivity contribution in [3.63, 3.8) is 0 Å². The first-order valence-electron chi connectivity index (χ1n) is 10.2. The lowest BCUT2D eigenvalue weighted by Gasteiger charge is -2.22. The molecule has 0 spiro atoms. The summed E-state index contributed by atoms with van der Waals surface area (Å²) >= 11 is 0. The van der Waals surface area contributed by atoms with E-state index in [1.807, 2.05) is 45.9 Å². The van der Waals surface area contributed by atoms with Crippen LogP contribution in [0.4, 0.5) is 16.2 Å². The fourth-order valence-electron chi connectivity index (χ4n) is 2.97. The number of carbonyl (C=O) groups is 3. The van der Waals surface area contributed by atoms with E-state index in [0.29, 0.717) is 30.0 Å². The number of amides is 4. The minimum Gasteiger partial charge on any atom is -0.339 e. The summed E-state index contributed by atoms with van der Waals surface area (Å²) in [4.78, 5) is 39.1. The molecule has 7 nitrogen and oxygen atoms in total. The third-order valence-electron chi connectivity index (χ3n) is 4.72. The van der Waals surface area contributed by atoms with Crippen molar-refractivity contribution in [2.24, 2.45) is 5.92 Å². The number of benzene rings is 2. The van der Waals surface area contributed by atoms with Crippen molar-refractivity contribution >= 4 is 29.2 Å². The molecular formula is C23H30N4O3. The average Bonchev–Trinajstić information content (AvgIpc) is 2.73. The second kappa shape index (κ2) is 11.0. The van der Waals surface area contributed by atoms with Crippen molar-refractivity contribution in [2.75, 3.05) is 23.7 Å². The fraction of sp³-hybridized carbons (Fsp3) is 0.348. The van der Waals surface area contributed by atoms with Crippen LogP contribution in [-0.2, 0) is 4.79 Å². The van der Waals surface area contributed by atoms with Gasteiger partial charge in [0.2, 0.25) is 5.91 Å². The van der Waals surface area contributed by atoms with E-state index in [1.54, 1.807) is 41.3 Å². The second-order valence-corrected chi connectivity index (χ2v) is 7.23. The summed E-state index contributed by atoms with van der Waals surface area (Å²) < 4.78 is 0. The molecule has 1 atom stereocenters. The number of rotatable bonds is 8. The minimum absolute atomic E-state index is 0.0443. The van der Waals surface area contributed by atoms with Crippen LogP contribution in [0.25, 0.3) is 0 Å². The molecule has 30 heavy (non-hydrogen) atoms. The van der Waals surface area contributed by atoms with Gasteiger partial charge in [0.15, 0.2) is 0 Å². The predicted molar refractivity (Wildman–Crippen MR) is 120 cm³/mol. The molecule has 0 bridgehead atoms. The highest BCUT2D eigenvalue weighted by Crippen LogP contribution is 2.14. The molecule has 1 unspecified atom stereocenters. The summed E-state index contributed by atoms with van der Waals surface area (Å²) in [6.07, 6.45) is 0. The van der Waals surface area contributed by atoms with Gasteiger partial charge >= 0.3 is 6.03 Å². The first-order chi connectivity index (χ1) is 14.3. The van der Waals surface area contributed by atoms with Crippen LogP contribution < -0.4 is 16.0 Å². The number of urea groups is 1. The lowest BCUT2D eigenvalue weighted by Crippen LogP contribution is -2.48. The fourth-order valence-corrected chi connectivity index (χ4v) is 2.97. The van der Waals surface area contributed by atoms with Gasteiger partial charge in [-0.1, -0.05) is 32.0 Å². The number of hydrogen-bond acceptors (Lipinski definition) is 3. The highest BCUT2D eigenvalue weighted by Gasteiger charge is 2.24. The lowest BCUT2D eigenvalue weighted by molar-refractivity contribution is -0.118. The van der Waals surface area contributed by atoms with Gasteiger partial charge < -0.3 is 20.9 Å². The quantitative estimate of drug-likeness (QED) is 0.615. The molecule has 0 aliphatic rings. The molecule has 0 aromatic heterocycles. The van der Waals surface area contributed by atoms with Gasteiger partial charge in [0, 0.05) is 30.0 Å². The summed E-state index contributed by atoms with van der Waals surface area (Å²) in [6.45, 7) is 8.87. The maximum atomic E-state index is 12.7. The molecule has 0 fully saturated rings. The maximum absolute atomic E-state index is 12.7. The van der Waals surface area contributed by atoms with Crippen molar-refractivity contribution < 1.29 is 14.4 Å². The summed E-state index contributed by atoms with van der Waals surface area (Å²) in [5, 5.41) is 8.25. The largest absolute Gasteiger partial charge is 0.339 e. The maximum Gasteiger partial charge on any atom is 0.319 e. The van der Waals surface area contributed by atoms with E-state index in [0.717, 1.165) is 0 Å². The Hall–Kier alpha value is -3.35. The molecule has 2 aromatic rings. The Morgan fingerprint density at radius 2 is 1.40 bits per heavy atom. The van der Waals surface area contributed by atoms with Crippen molar-refractivity contribution in [3.8, 4) is 0 Å². The lowest BCUT2D eigenvalue weighted by atomic mass is 10.0. The van der Waals surface area contributed by atoms with Gasteiger partial charge in [-0.25, -0.2) is 4.79 Å². The highest BCUT2D eigenvalue weighted by molar-refractivity contribution is 6.00. The van der Waals surface area contributed by atoms with Gasteiger partial charge in [0.05, 0.1) is 0 Å². The van der Waals surface area contributed by atoms with Gasteiger partial charge in [-0.15, -0.1) is 0 Å². The molecule has 7 heteroatoms. The van der Waals surface area contributed by atoms with Crippen molar-refractivity contribution in [1.82, 2.24) is 10.2 Å². The second-order valence-electron chi connectivity index (χ2n) is 7.23. The monoisotopic (exact) mass is 410 g/mol. The van der Waals surface area contributed by atoms with Crippen LogP contribution in [-0.4, -0.2) is 41.9 Å². The highest BCUT2D eigenvalue weighted by atomic mass is 16.2. The topological polar surface area (TPSA) is 90.5 Å². The summed E-state index contributed by atoms with van der Waals surface area (Å²) in [5.74, 6) is -0.483. The minimum atomic E-state index is -0.717. The summed E-state index contributed by atoms with van der Waals surface area (Å²) in [5.41, 5.74) is 1.77. The first-order valence-corrected chi connectivity index (χ1v) is 10.2. The Balaban J connectivity index is 2.00. The molecule has 0 aliphatic carbocycles. The molecule has 3 N–H and O–H groups in total. The standard InChI is InChI=1S/C23H30N4O3/c1-5-27(6-2)22(29)17-12-14-19(15-13-17)24-21(28)20(16(3)4)26-23(30)25-18-10-8-7-9-11-18/h7-16,20H,5-6H2,1-4H3,(H,24,28)(H2,25,26,30). The predicted octanol–water partition coefficient (Wildman–Crippen LogP) is 3.95. The Labute approximate surface area is 177 Å². The van der Waals surface area contributed by atoms with Crippen LogP contribution in [0.1, 0.15) is 38.1 Å². The molecule has 0 saturated carbocycles. The normalized spacial score (nSPS) is 11.5. The number of hydrogen-bond donors (Lipinski definition) is 3. The molecular weight excluding hydrogens is 380 g/mol. The van der Waals surface area contributed by atoms with E-state index in [4.69, 9.17) is 0 Å². The van der Waals surface area contributed by atoms with Gasteiger partial charge in [-0.2, -0.15) is 0 Å². The third kappa shape index (κ3) is 6.34. The van der Waals surface area contributed by atoms with Crippen molar-refractivity contribution in [1.29, 1.82) is 0 Å². The zero-order valence-electron chi connectivity index (χ0n) is 17.9. The Kier molecular flexibility index (Phi) is 8.41. The van der Waals surface area contributed by atoms with E-state index >= 15 is 0 Å². The van der Waals surface area contributed by atoms with Gasteiger partial charge in [-0.05, 0) is 56.2 Å². The molecule has 2 aromatic carbocycles. The number of nitrogens with one attached hydrogen (secondary N) is 3. The molecule has 0 heterocycles. The van der Waals surface area contributed by atoms with E-state index in [-0.39, 0.29) is 17.7 Å². The number of carbonyl (C=O) groups excluding carboxylic acids is 3. The van der Waals surface area contributed by atoms with Crippen LogP contribution in [0.5, 0.6) is 0 Å². The van der Waals surface area contributed by atoms with E-state index in [1.165, 1.54) is 0 Å². The molecule has 0 saturated heterocycles. The van der Waals surface area contributed by atoms with Crippen LogP contribution in [0.3, 0.4) is 0 Å². The third-order valence-corrected chi connectivity index (χ3v) is 4.72. The Morgan fingerprint density at radius 1 is 0.833 bits per heavy atom. The average molecular weight is 411 g/mol. The molecule has 4 amide bonds. The summed E-state index contributed by atoms with van der Waals surface area (Å²) in [6, 6.07) is 14.6. The van der Waals surface area contributed by atoms with E-state index in [2.05, 4.69) is 16.0 Å². The smallest absolute Gasteiger partial charge is 0.319 e. The zero-order chi connectivity index (χ0) is 22.1. The Bertz CT molecular complexity index is 847. The van der Waals surface area contributed by atoms with Crippen molar-refractivity contribution in [2.45, 2.75) is 33.7 Å². The molecule has 2 rings (SSSR count). The van der Waals surface area contributed by atoms with Crippen LogP contribution in [0.2, 0.25) is 0 Å². The number of para-hydroxylation sites is 1. The van der Waals surface area contributed by atoms with E-state index < -0.39 is 12.1 Å². The van der Waals surface area contributed by atoms with Gasteiger partial charge in [0.1, 0.15) is 6.04 Å². The SMILES string of the molecule is CCN(CC)C(=O)c1ccc(NC(=O)C(NC(=O)Nc2ccccc2)C(C)C)cc1. The zero-order valence-corrected chi connectivity index (χ0v) is 17.9. The number of nitrogens with zero attached hydrogens (tertiary/aromatic N) is 1. The van der Waals surface area contributed by atoms with Crippen molar-refractivity contribution in [3.05, 3.63) is 60.2 Å². The number of anilines is 2. The summed E-state index contributed by atoms with van der Waals surface area (Å²) in [7, 11) is 0. The van der Waals surface area contributed by atoms with Crippen LogP contribution in [0.15, 0.2) is 54.6 Å². The first kappa shape index (κ1) is 22.9. The van der Waals surface area contributed by atoms with Gasteiger partial charge in [-0.3, -0.25) is 9.59 Å². The molecule has 0 radical (unpaired) electrons. The van der Waals surface area contributed by atoms with Crippen LogP contribution in [0, 0.1) is 5.92 Å². The van der Waals surface area contributed by atoms with Crippen LogP contribution >= 0.6 is 0 Å². The van der Waals surface area contributed by atoms with E-state index in [9.17, 15) is 14.4 Å².